The first-order valence-corrected chi connectivity index (χ1v) is 8.76. The first-order chi connectivity index (χ1) is 10.8. The number of piperidine rings is 1. The molecule has 1 aromatic rings. The number of nitrogens with one attached hydrogen (secondary N) is 1. The summed E-state index contributed by atoms with van der Waals surface area (Å²) in [6.45, 7) is 2.92. The Bertz CT molecular complexity index is 532. The van der Waals surface area contributed by atoms with Crippen LogP contribution in [0.2, 0.25) is 0 Å². The molecule has 1 unspecified atom stereocenters. The van der Waals surface area contributed by atoms with Gasteiger partial charge in [0.15, 0.2) is 5.69 Å². The van der Waals surface area contributed by atoms with Crippen LogP contribution in [0.1, 0.15) is 61.5 Å². The second-order valence-corrected chi connectivity index (χ2v) is 6.96. The smallest absolute Gasteiger partial charge is 0.276 e. The molecule has 0 aromatic carbocycles. The first kappa shape index (κ1) is 14.2. The highest BCUT2D eigenvalue weighted by Gasteiger charge is 2.38. The quantitative estimate of drug-likeness (QED) is 0.921. The van der Waals surface area contributed by atoms with Crippen molar-refractivity contribution < 1.29 is 4.79 Å². The van der Waals surface area contributed by atoms with Gasteiger partial charge in [-0.15, -0.1) is 5.10 Å². The van der Waals surface area contributed by atoms with Crippen molar-refractivity contribution >= 4 is 5.91 Å². The molecule has 0 radical (unpaired) electrons. The zero-order valence-electron chi connectivity index (χ0n) is 13.1. The lowest BCUT2D eigenvalue weighted by atomic mass is 9.79. The Balaban J connectivity index is 1.46. The Morgan fingerprint density at radius 2 is 1.95 bits per heavy atom. The van der Waals surface area contributed by atoms with E-state index < -0.39 is 0 Å². The Hall–Kier alpha value is -1.43. The van der Waals surface area contributed by atoms with Gasteiger partial charge in [-0.1, -0.05) is 11.6 Å². The van der Waals surface area contributed by atoms with E-state index in [1.54, 1.807) is 0 Å². The fourth-order valence-corrected chi connectivity index (χ4v) is 4.13. The molecule has 1 atom stereocenters. The number of aromatic nitrogens is 3. The van der Waals surface area contributed by atoms with E-state index in [2.05, 4.69) is 20.5 Å². The first-order valence-electron chi connectivity index (χ1n) is 8.76. The van der Waals surface area contributed by atoms with Crippen molar-refractivity contribution in [1.29, 1.82) is 0 Å². The van der Waals surface area contributed by atoms with Crippen molar-refractivity contribution in [3.63, 3.8) is 0 Å². The Labute approximate surface area is 131 Å². The Morgan fingerprint density at radius 1 is 1.14 bits per heavy atom. The van der Waals surface area contributed by atoms with Gasteiger partial charge in [-0.05, 0) is 57.5 Å². The number of likely N-dealkylation sites (tertiary alicyclic amines) is 1. The summed E-state index contributed by atoms with van der Waals surface area (Å²) < 4.78 is 1.91. The van der Waals surface area contributed by atoms with E-state index in [0.29, 0.717) is 17.8 Å². The fraction of sp³-hybridized carbons (Fsp3) is 0.812. The van der Waals surface area contributed by atoms with Gasteiger partial charge in [0, 0.05) is 12.6 Å². The van der Waals surface area contributed by atoms with Gasteiger partial charge in [-0.3, -0.25) is 4.79 Å². The maximum atomic E-state index is 12.8. The van der Waals surface area contributed by atoms with Crippen LogP contribution in [-0.4, -0.2) is 51.5 Å². The highest BCUT2D eigenvalue weighted by molar-refractivity contribution is 5.92. The molecule has 6 nitrogen and oxygen atoms in total. The maximum absolute atomic E-state index is 12.8. The number of carbonyl (C=O) groups is 1. The molecule has 0 spiro atoms. The molecule has 0 bridgehead atoms. The summed E-state index contributed by atoms with van der Waals surface area (Å²) in [5.41, 5.74) is 0.532. The Morgan fingerprint density at radius 3 is 2.68 bits per heavy atom. The van der Waals surface area contributed by atoms with Crippen LogP contribution < -0.4 is 5.32 Å². The van der Waals surface area contributed by atoms with Gasteiger partial charge in [-0.2, -0.15) is 0 Å². The van der Waals surface area contributed by atoms with Crippen LogP contribution >= 0.6 is 0 Å². The summed E-state index contributed by atoms with van der Waals surface area (Å²) in [6, 6.07) is 0.835. The van der Waals surface area contributed by atoms with Gasteiger partial charge in [0.1, 0.15) is 0 Å². The minimum atomic E-state index is 0.0922. The summed E-state index contributed by atoms with van der Waals surface area (Å²) in [7, 11) is 0. The topological polar surface area (TPSA) is 63.1 Å². The van der Waals surface area contributed by atoms with Crippen LogP contribution in [0.3, 0.4) is 0 Å². The summed E-state index contributed by atoms with van der Waals surface area (Å²) in [5.74, 6) is 0.820. The number of hydrogen-bond acceptors (Lipinski definition) is 4. The standard InChI is InChI=1S/C16H25N5O/c22-16(20-10-2-5-15(20)12-3-1-4-12)14-11-21(19-18-14)13-6-8-17-9-7-13/h11-13,15,17H,1-10H2. The van der Waals surface area contributed by atoms with Crippen LogP contribution in [0.25, 0.3) is 0 Å². The van der Waals surface area contributed by atoms with E-state index in [1.807, 2.05) is 10.9 Å². The number of carbonyl (C=O) groups excluding carboxylic acids is 1. The van der Waals surface area contributed by atoms with Crippen LogP contribution in [0.4, 0.5) is 0 Å². The van der Waals surface area contributed by atoms with Crippen molar-refractivity contribution in [2.75, 3.05) is 19.6 Å². The molecule has 4 rings (SSSR count). The molecule has 1 aromatic heterocycles. The van der Waals surface area contributed by atoms with Crippen molar-refractivity contribution in [2.45, 2.75) is 57.0 Å². The highest BCUT2D eigenvalue weighted by atomic mass is 16.2. The van der Waals surface area contributed by atoms with E-state index >= 15 is 0 Å². The molecule has 1 N–H and O–H groups in total. The van der Waals surface area contributed by atoms with Gasteiger partial charge >= 0.3 is 0 Å². The van der Waals surface area contributed by atoms with E-state index in [4.69, 9.17) is 0 Å². The van der Waals surface area contributed by atoms with Crippen LogP contribution in [0.5, 0.6) is 0 Å². The van der Waals surface area contributed by atoms with E-state index in [-0.39, 0.29) is 5.91 Å². The zero-order valence-corrected chi connectivity index (χ0v) is 13.1. The van der Waals surface area contributed by atoms with E-state index in [0.717, 1.165) is 44.8 Å². The van der Waals surface area contributed by atoms with Crippen LogP contribution in [0, 0.1) is 5.92 Å². The number of hydrogen-bond donors (Lipinski definition) is 1. The lowest BCUT2D eigenvalue weighted by Crippen LogP contribution is -2.42. The van der Waals surface area contributed by atoms with E-state index in [1.165, 1.54) is 25.7 Å². The minimum absolute atomic E-state index is 0.0922. The van der Waals surface area contributed by atoms with Gasteiger partial charge in [-0.25, -0.2) is 4.68 Å². The van der Waals surface area contributed by atoms with Crippen LogP contribution in [-0.2, 0) is 0 Å². The maximum Gasteiger partial charge on any atom is 0.276 e. The molecular weight excluding hydrogens is 278 g/mol. The summed E-state index contributed by atoms with van der Waals surface area (Å²) >= 11 is 0. The predicted octanol–water partition coefficient (Wildman–Crippen LogP) is 1.61. The summed E-state index contributed by atoms with van der Waals surface area (Å²) in [4.78, 5) is 14.9. The highest BCUT2D eigenvalue weighted by Crippen LogP contribution is 2.37. The third kappa shape index (κ3) is 2.53. The summed E-state index contributed by atoms with van der Waals surface area (Å²) in [6.07, 6.45) is 10.2. The average Bonchev–Trinajstić information content (AvgIpc) is 3.15. The average molecular weight is 303 g/mol. The fourth-order valence-electron chi connectivity index (χ4n) is 4.13. The third-order valence-corrected chi connectivity index (χ3v) is 5.67. The molecule has 6 heteroatoms. The van der Waals surface area contributed by atoms with Gasteiger partial charge in [0.25, 0.3) is 5.91 Å². The molecule has 22 heavy (non-hydrogen) atoms. The SMILES string of the molecule is O=C(c1cn(C2CCNCC2)nn1)N1CCCC1C1CCC1. The van der Waals surface area contributed by atoms with Gasteiger partial charge < -0.3 is 10.2 Å². The molecule has 2 aliphatic heterocycles. The lowest BCUT2D eigenvalue weighted by Gasteiger charge is -2.36. The molecule has 2 saturated heterocycles. The second-order valence-electron chi connectivity index (χ2n) is 6.96. The van der Waals surface area contributed by atoms with E-state index in [9.17, 15) is 4.79 Å². The molecule has 1 aliphatic carbocycles. The second kappa shape index (κ2) is 5.99. The van der Waals surface area contributed by atoms with Crippen molar-refractivity contribution in [3.05, 3.63) is 11.9 Å². The lowest BCUT2D eigenvalue weighted by molar-refractivity contribution is 0.0620. The molecule has 3 aliphatic rings. The van der Waals surface area contributed by atoms with Crippen molar-refractivity contribution in [1.82, 2.24) is 25.2 Å². The predicted molar refractivity (Wildman–Crippen MR) is 82.6 cm³/mol. The molecule has 3 heterocycles. The molecule has 3 fully saturated rings. The molecule has 120 valence electrons. The van der Waals surface area contributed by atoms with Crippen LogP contribution in [0.15, 0.2) is 6.20 Å². The van der Waals surface area contributed by atoms with Crippen molar-refractivity contribution in [3.8, 4) is 0 Å². The monoisotopic (exact) mass is 303 g/mol. The normalized spacial score (nSPS) is 27.1. The number of rotatable bonds is 3. The number of nitrogens with zero attached hydrogens (tertiary/aromatic N) is 4. The largest absolute Gasteiger partial charge is 0.334 e. The Kier molecular flexibility index (Phi) is 3.86. The molecule has 1 saturated carbocycles. The summed E-state index contributed by atoms with van der Waals surface area (Å²) in [5, 5.41) is 11.8. The zero-order chi connectivity index (χ0) is 14.9. The number of amides is 1. The van der Waals surface area contributed by atoms with Gasteiger partial charge in [0.2, 0.25) is 0 Å². The van der Waals surface area contributed by atoms with Crippen molar-refractivity contribution in [2.24, 2.45) is 5.92 Å². The third-order valence-electron chi connectivity index (χ3n) is 5.67. The minimum Gasteiger partial charge on any atom is -0.334 e. The van der Waals surface area contributed by atoms with Gasteiger partial charge in [0.05, 0.1) is 12.2 Å². The molecule has 1 amide bonds. The molecular formula is C16H25N5O.